The van der Waals surface area contributed by atoms with Crippen LogP contribution in [0, 0.1) is 5.92 Å². The van der Waals surface area contributed by atoms with Gasteiger partial charge in [0.15, 0.2) is 0 Å². The molecule has 104 valence electrons. The standard InChI is InChI=1S/C13H18BrN3O2/c1-2-5-15-11-8-19-7-10(11)13(18)17-12-4-3-9(14)6-16-12/h3-4,6,10-11,15H,2,5,7-8H2,1H3,(H,16,17,18). The molecule has 2 atom stereocenters. The molecule has 1 aliphatic rings. The van der Waals surface area contributed by atoms with Crippen LogP contribution in [0.15, 0.2) is 22.8 Å². The third-order valence-corrected chi connectivity index (χ3v) is 3.52. The minimum atomic E-state index is -0.156. The van der Waals surface area contributed by atoms with Crippen molar-refractivity contribution < 1.29 is 9.53 Å². The summed E-state index contributed by atoms with van der Waals surface area (Å²) >= 11 is 3.31. The summed E-state index contributed by atoms with van der Waals surface area (Å²) in [5.41, 5.74) is 0. The van der Waals surface area contributed by atoms with E-state index in [1.807, 2.05) is 6.07 Å². The van der Waals surface area contributed by atoms with Crippen LogP contribution in [0.5, 0.6) is 0 Å². The van der Waals surface area contributed by atoms with Crippen molar-refractivity contribution in [3.05, 3.63) is 22.8 Å². The van der Waals surface area contributed by atoms with E-state index in [1.165, 1.54) is 0 Å². The molecule has 1 amide bonds. The van der Waals surface area contributed by atoms with Crippen LogP contribution < -0.4 is 10.6 Å². The maximum absolute atomic E-state index is 12.2. The molecule has 0 spiro atoms. The van der Waals surface area contributed by atoms with Crippen molar-refractivity contribution in [1.82, 2.24) is 10.3 Å². The molecular formula is C13H18BrN3O2. The number of rotatable bonds is 5. The van der Waals surface area contributed by atoms with Gasteiger partial charge in [0.1, 0.15) is 5.82 Å². The van der Waals surface area contributed by atoms with Gasteiger partial charge < -0.3 is 15.4 Å². The van der Waals surface area contributed by atoms with Gasteiger partial charge in [0.05, 0.1) is 19.1 Å². The van der Waals surface area contributed by atoms with E-state index in [4.69, 9.17) is 4.74 Å². The zero-order chi connectivity index (χ0) is 13.7. The summed E-state index contributed by atoms with van der Waals surface area (Å²) in [5, 5.41) is 6.17. The topological polar surface area (TPSA) is 63.2 Å². The summed E-state index contributed by atoms with van der Waals surface area (Å²) in [5.74, 6) is 0.368. The average molecular weight is 328 g/mol. The van der Waals surface area contributed by atoms with Crippen molar-refractivity contribution in [1.29, 1.82) is 0 Å². The zero-order valence-electron chi connectivity index (χ0n) is 10.9. The maximum atomic E-state index is 12.2. The Kier molecular flexibility index (Phi) is 5.30. The highest BCUT2D eigenvalue weighted by atomic mass is 79.9. The normalized spacial score (nSPS) is 22.4. The third kappa shape index (κ3) is 3.99. The molecule has 0 bridgehead atoms. The van der Waals surface area contributed by atoms with Crippen molar-refractivity contribution in [3.63, 3.8) is 0 Å². The predicted molar refractivity (Wildman–Crippen MR) is 77.0 cm³/mol. The number of carbonyl (C=O) groups excluding carboxylic acids is 1. The lowest BCUT2D eigenvalue weighted by Gasteiger charge is -2.18. The Morgan fingerprint density at radius 1 is 1.53 bits per heavy atom. The number of anilines is 1. The van der Waals surface area contributed by atoms with Crippen LogP contribution in [0.3, 0.4) is 0 Å². The van der Waals surface area contributed by atoms with Crippen molar-refractivity contribution >= 4 is 27.7 Å². The summed E-state index contributed by atoms with van der Waals surface area (Å²) < 4.78 is 6.28. The quantitative estimate of drug-likeness (QED) is 0.865. The number of aromatic nitrogens is 1. The SMILES string of the molecule is CCCNC1COCC1C(=O)Nc1ccc(Br)cn1. The lowest BCUT2D eigenvalue weighted by Crippen LogP contribution is -2.41. The van der Waals surface area contributed by atoms with Gasteiger partial charge in [-0.15, -0.1) is 0 Å². The summed E-state index contributed by atoms with van der Waals surface area (Å²) in [6.07, 6.45) is 2.70. The van der Waals surface area contributed by atoms with Crippen LogP contribution in [-0.4, -0.2) is 36.7 Å². The number of nitrogens with zero attached hydrogens (tertiary/aromatic N) is 1. The van der Waals surface area contributed by atoms with E-state index in [2.05, 4.69) is 38.5 Å². The van der Waals surface area contributed by atoms with E-state index in [9.17, 15) is 4.79 Å². The van der Waals surface area contributed by atoms with E-state index in [1.54, 1.807) is 12.3 Å². The molecule has 2 heterocycles. The molecular weight excluding hydrogens is 310 g/mol. The Hall–Kier alpha value is -0.980. The number of ether oxygens (including phenoxy) is 1. The monoisotopic (exact) mass is 327 g/mol. The second-order valence-electron chi connectivity index (χ2n) is 4.56. The maximum Gasteiger partial charge on any atom is 0.232 e. The Balaban J connectivity index is 1.93. The molecule has 0 aliphatic carbocycles. The number of carbonyl (C=O) groups is 1. The lowest BCUT2D eigenvalue weighted by molar-refractivity contribution is -0.120. The Bertz CT molecular complexity index is 424. The van der Waals surface area contributed by atoms with Crippen LogP contribution in [-0.2, 0) is 9.53 Å². The van der Waals surface area contributed by atoms with Crippen molar-refractivity contribution in [2.45, 2.75) is 19.4 Å². The number of hydrogen-bond donors (Lipinski definition) is 2. The molecule has 5 nitrogen and oxygen atoms in total. The van der Waals surface area contributed by atoms with Gasteiger partial charge in [-0.2, -0.15) is 0 Å². The summed E-state index contributed by atoms with van der Waals surface area (Å²) in [7, 11) is 0. The number of pyridine rings is 1. The van der Waals surface area contributed by atoms with Gasteiger partial charge in [0, 0.05) is 16.7 Å². The van der Waals surface area contributed by atoms with Crippen LogP contribution in [0.1, 0.15) is 13.3 Å². The number of nitrogens with one attached hydrogen (secondary N) is 2. The van der Waals surface area contributed by atoms with E-state index >= 15 is 0 Å². The second kappa shape index (κ2) is 6.98. The highest BCUT2D eigenvalue weighted by Crippen LogP contribution is 2.17. The molecule has 0 aromatic carbocycles. The third-order valence-electron chi connectivity index (χ3n) is 3.05. The first-order chi connectivity index (χ1) is 9.20. The van der Waals surface area contributed by atoms with Gasteiger partial charge in [-0.1, -0.05) is 6.92 Å². The average Bonchev–Trinajstić information content (AvgIpc) is 2.87. The van der Waals surface area contributed by atoms with Gasteiger partial charge in [-0.3, -0.25) is 4.79 Å². The molecule has 1 saturated heterocycles. The van der Waals surface area contributed by atoms with E-state index in [0.717, 1.165) is 17.4 Å². The molecule has 2 unspecified atom stereocenters. The highest BCUT2D eigenvalue weighted by Gasteiger charge is 2.33. The van der Waals surface area contributed by atoms with Gasteiger partial charge in [-0.05, 0) is 41.0 Å². The first-order valence-electron chi connectivity index (χ1n) is 6.44. The zero-order valence-corrected chi connectivity index (χ0v) is 12.4. The summed E-state index contributed by atoms with van der Waals surface area (Å²) in [6.45, 7) is 4.05. The van der Waals surface area contributed by atoms with Crippen LogP contribution in [0.25, 0.3) is 0 Å². The molecule has 0 saturated carbocycles. The van der Waals surface area contributed by atoms with Crippen LogP contribution in [0.4, 0.5) is 5.82 Å². The fraction of sp³-hybridized carbons (Fsp3) is 0.538. The van der Waals surface area contributed by atoms with Crippen molar-refractivity contribution in [3.8, 4) is 0 Å². The Labute approximate surface area is 121 Å². The summed E-state index contributed by atoms with van der Waals surface area (Å²) in [4.78, 5) is 16.3. The molecule has 0 radical (unpaired) electrons. The largest absolute Gasteiger partial charge is 0.379 e. The van der Waals surface area contributed by atoms with E-state index in [0.29, 0.717) is 19.0 Å². The molecule has 19 heavy (non-hydrogen) atoms. The van der Waals surface area contributed by atoms with Crippen molar-refractivity contribution in [2.75, 3.05) is 25.1 Å². The van der Waals surface area contributed by atoms with Gasteiger partial charge in [0.25, 0.3) is 0 Å². The summed E-state index contributed by atoms with van der Waals surface area (Å²) in [6, 6.07) is 3.71. The van der Waals surface area contributed by atoms with Gasteiger partial charge in [-0.25, -0.2) is 4.98 Å². The predicted octanol–water partition coefficient (Wildman–Crippen LogP) is 1.80. The Morgan fingerprint density at radius 2 is 2.37 bits per heavy atom. The number of amides is 1. The van der Waals surface area contributed by atoms with Crippen molar-refractivity contribution in [2.24, 2.45) is 5.92 Å². The van der Waals surface area contributed by atoms with Crippen LogP contribution >= 0.6 is 15.9 Å². The molecule has 2 N–H and O–H groups in total. The Morgan fingerprint density at radius 3 is 3.05 bits per heavy atom. The molecule has 2 rings (SSSR count). The smallest absolute Gasteiger partial charge is 0.232 e. The molecule has 1 aromatic heterocycles. The first kappa shape index (κ1) is 14.4. The van der Waals surface area contributed by atoms with E-state index in [-0.39, 0.29) is 17.9 Å². The molecule has 1 aromatic rings. The fourth-order valence-corrected chi connectivity index (χ4v) is 2.25. The lowest BCUT2D eigenvalue weighted by atomic mass is 10.0. The second-order valence-corrected chi connectivity index (χ2v) is 5.47. The first-order valence-corrected chi connectivity index (χ1v) is 7.23. The minimum Gasteiger partial charge on any atom is -0.379 e. The molecule has 1 aliphatic heterocycles. The number of hydrogen-bond acceptors (Lipinski definition) is 4. The molecule has 1 fully saturated rings. The van der Waals surface area contributed by atoms with E-state index < -0.39 is 0 Å². The van der Waals surface area contributed by atoms with Crippen LogP contribution in [0.2, 0.25) is 0 Å². The highest BCUT2D eigenvalue weighted by molar-refractivity contribution is 9.10. The van der Waals surface area contributed by atoms with Gasteiger partial charge in [0.2, 0.25) is 5.91 Å². The minimum absolute atomic E-state index is 0.0408. The number of halogens is 1. The molecule has 6 heteroatoms. The van der Waals surface area contributed by atoms with Gasteiger partial charge >= 0.3 is 0 Å². The fourth-order valence-electron chi connectivity index (χ4n) is 2.01.